The lowest BCUT2D eigenvalue weighted by atomic mass is 10.1. The summed E-state index contributed by atoms with van der Waals surface area (Å²) >= 11 is 0. The highest BCUT2D eigenvalue weighted by atomic mass is 16.5. The monoisotopic (exact) mass is 354 g/mol. The zero-order chi connectivity index (χ0) is 18.5. The van der Waals surface area contributed by atoms with Crippen LogP contribution in [0.3, 0.4) is 0 Å². The first-order valence-electron chi connectivity index (χ1n) is 8.50. The summed E-state index contributed by atoms with van der Waals surface area (Å²) in [4.78, 5) is 24.3. The second kappa shape index (κ2) is 7.91. The molecule has 2 aromatic carbocycles. The standard InChI is InChI=1S/C20H22N2O4/c1-25-16-8-9-17(18(11-16)26-2)20(24)21-12-13-4-3-5-15(10-13)22-19(23)14-6-7-14/h3-5,8-11,14H,6-7,12H2,1-2H3,(H,21,24)(H,22,23). The maximum Gasteiger partial charge on any atom is 0.255 e. The van der Waals surface area contributed by atoms with Gasteiger partial charge in [-0.2, -0.15) is 0 Å². The molecule has 0 spiro atoms. The van der Waals surface area contributed by atoms with Gasteiger partial charge in [-0.3, -0.25) is 9.59 Å². The molecule has 0 atom stereocenters. The number of hydrogen-bond donors (Lipinski definition) is 2. The van der Waals surface area contributed by atoms with Crippen LogP contribution in [0, 0.1) is 5.92 Å². The Kier molecular flexibility index (Phi) is 5.41. The van der Waals surface area contributed by atoms with Gasteiger partial charge in [0, 0.05) is 24.2 Å². The smallest absolute Gasteiger partial charge is 0.255 e. The quantitative estimate of drug-likeness (QED) is 0.801. The molecule has 0 heterocycles. The fourth-order valence-corrected chi connectivity index (χ4v) is 2.61. The Bertz CT molecular complexity index is 815. The summed E-state index contributed by atoms with van der Waals surface area (Å²) < 4.78 is 10.4. The molecule has 1 saturated carbocycles. The number of benzene rings is 2. The molecule has 6 heteroatoms. The summed E-state index contributed by atoms with van der Waals surface area (Å²) in [6, 6.07) is 12.5. The van der Waals surface area contributed by atoms with Crippen molar-refractivity contribution in [1.29, 1.82) is 0 Å². The van der Waals surface area contributed by atoms with E-state index in [-0.39, 0.29) is 17.7 Å². The molecule has 2 N–H and O–H groups in total. The largest absolute Gasteiger partial charge is 0.497 e. The topological polar surface area (TPSA) is 76.7 Å². The van der Waals surface area contributed by atoms with Gasteiger partial charge < -0.3 is 20.1 Å². The molecule has 2 aromatic rings. The fraction of sp³-hybridized carbons (Fsp3) is 0.300. The van der Waals surface area contributed by atoms with Crippen LogP contribution in [0.2, 0.25) is 0 Å². The van der Waals surface area contributed by atoms with Crippen molar-refractivity contribution >= 4 is 17.5 Å². The van der Waals surface area contributed by atoms with E-state index in [1.165, 1.54) is 7.11 Å². The second-order valence-corrected chi connectivity index (χ2v) is 6.21. The molecule has 2 amide bonds. The second-order valence-electron chi connectivity index (χ2n) is 6.21. The number of carbonyl (C=O) groups is 2. The van der Waals surface area contributed by atoms with Crippen LogP contribution in [-0.2, 0) is 11.3 Å². The number of ether oxygens (including phenoxy) is 2. The minimum Gasteiger partial charge on any atom is -0.497 e. The molecule has 26 heavy (non-hydrogen) atoms. The third kappa shape index (κ3) is 4.33. The van der Waals surface area contributed by atoms with Crippen LogP contribution in [0.15, 0.2) is 42.5 Å². The zero-order valence-electron chi connectivity index (χ0n) is 14.9. The van der Waals surface area contributed by atoms with Crippen molar-refractivity contribution < 1.29 is 19.1 Å². The summed E-state index contributed by atoms with van der Waals surface area (Å²) in [7, 11) is 3.07. The van der Waals surface area contributed by atoms with Crippen molar-refractivity contribution in [1.82, 2.24) is 5.32 Å². The molecule has 6 nitrogen and oxygen atoms in total. The predicted molar refractivity (Wildman–Crippen MR) is 98.5 cm³/mol. The first-order valence-corrected chi connectivity index (χ1v) is 8.50. The van der Waals surface area contributed by atoms with Gasteiger partial charge in [0.1, 0.15) is 11.5 Å². The molecule has 0 aromatic heterocycles. The highest BCUT2D eigenvalue weighted by Crippen LogP contribution is 2.30. The first-order chi connectivity index (χ1) is 12.6. The van der Waals surface area contributed by atoms with Crippen LogP contribution in [0.5, 0.6) is 11.5 Å². The number of carbonyl (C=O) groups excluding carboxylic acids is 2. The van der Waals surface area contributed by atoms with Crippen LogP contribution < -0.4 is 20.1 Å². The SMILES string of the molecule is COc1ccc(C(=O)NCc2cccc(NC(=O)C3CC3)c2)c(OC)c1. The Morgan fingerprint density at radius 3 is 2.58 bits per heavy atom. The Labute approximate surface area is 152 Å². The molecule has 1 aliphatic carbocycles. The molecule has 1 fully saturated rings. The molecular weight excluding hydrogens is 332 g/mol. The highest BCUT2D eigenvalue weighted by molar-refractivity contribution is 5.97. The molecular formula is C20H22N2O4. The van der Waals surface area contributed by atoms with Gasteiger partial charge in [0.05, 0.1) is 19.8 Å². The Morgan fingerprint density at radius 1 is 1.08 bits per heavy atom. The first kappa shape index (κ1) is 17.8. The maximum absolute atomic E-state index is 12.5. The van der Waals surface area contributed by atoms with Crippen LogP contribution in [0.1, 0.15) is 28.8 Å². The van der Waals surface area contributed by atoms with E-state index in [0.717, 1.165) is 24.1 Å². The van der Waals surface area contributed by atoms with Gasteiger partial charge in [-0.05, 0) is 42.7 Å². The minimum atomic E-state index is -0.239. The van der Waals surface area contributed by atoms with Crippen molar-refractivity contribution in [3.63, 3.8) is 0 Å². The van der Waals surface area contributed by atoms with Crippen LogP contribution in [0.4, 0.5) is 5.69 Å². The summed E-state index contributed by atoms with van der Waals surface area (Å²) in [5.74, 6) is 1.05. The van der Waals surface area contributed by atoms with Crippen molar-refractivity contribution in [3.8, 4) is 11.5 Å². The normalized spacial score (nSPS) is 13.0. The lowest BCUT2D eigenvalue weighted by Crippen LogP contribution is -2.23. The number of amides is 2. The van der Waals surface area contributed by atoms with Gasteiger partial charge in [0.25, 0.3) is 5.91 Å². The third-order valence-corrected chi connectivity index (χ3v) is 4.25. The van der Waals surface area contributed by atoms with Gasteiger partial charge in [-0.15, -0.1) is 0 Å². The molecule has 0 saturated heterocycles. The Hall–Kier alpha value is -3.02. The summed E-state index contributed by atoms with van der Waals surface area (Å²) in [5, 5.41) is 5.78. The molecule has 136 valence electrons. The number of rotatable bonds is 7. The van der Waals surface area contributed by atoms with E-state index in [2.05, 4.69) is 10.6 Å². The van der Waals surface area contributed by atoms with E-state index in [0.29, 0.717) is 23.6 Å². The van der Waals surface area contributed by atoms with Crippen LogP contribution in [-0.4, -0.2) is 26.0 Å². The molecule has 0 aliphatic heterocycles. The summed E-state index contributed by atoms with van der Waals surface area (Å²) in [6.07, 6.45) is 1.93. The van der Waals surface area contributed by atoms with E-state index in [4.69, 9.17) is 9.47 Å². The number of nitrogens with one attached hydrogen (secondary N) is 2. The molecule has 1 aliphatic rings. The Morgan fingerprint density at radius 2 is 1.88 bits per heavy atom. The van der Waals surface area contributed by atoms with Crippen molar-refractivity contribution in [2.75, 3.05) is 19.5 Å². The van der Waals surface area contributed by atoms with E-state index in [1.54, 1.807) is 25.3 Å². The summed E-state index contributed by atoms with van der Waals surface area (Å²) in [5.41, 5.74) is 2.08. The molecule has 0 unspecified atom stereocenters. The fourth-order valence-electron chi connectivity index (χ4n) is 2.61. The Balaban J connectivity index is 1.63. The molecule has 0 bridgehead atoms. The maximum atomic E-state index is 12.5. The van der Waals surface area contributed by atoms with Gasteiger partial charge >= 0.3 is 0 Å². The predicted octanol–water partition coefficient (Wildman–Crippen LogP) is 2.98. The number of methoxy groups -OCH3 is 2. The van der Waals surface area contributed by atoms with Crippen molar-refractivity contribution in [3.05, 3.63) is 53.6 Å². The van der Waals surface area contributed by atoms with Gasteiger partial charge in [0.15, 0.2) is 0 Å². The van der Waals surface area contributed by atoms with Gasteiger partial charge in [-0.25, -0.2) is 0 Å². The summed E-state index contributed by atoms with van der Waals surface area (Å²) in [6.45, 7) is 0.348. The number of hydrogen-bond acceptors (Lipinski definition) is 4. The van der Waals surface area contributed by atoms with E-state index in [9.17, 15) is 9.59 Å². The lowest BCUT2D eigenvalue weighted by molar-refractivity contribution is -0.117. The van der Waals surface area contributed by atoms with E-state index < -0.39 is 0 Å². The van der Waals surface area contributed by atoms with Crippen LogP contribution in [0.25, 0.3) is 0 Å². The number of anilines is 1. The van der Waals surface area contributed by atoms with Gasteiger partial charge in [0.2, 0.25) is 5.91 Å². The average molecular weight is 354 g/mol. The highest BCUT2D eigenvalue weighted by Gasteiger charge is 2.29. The van der Waals surface area contributed by atoms with E-state index >= 15 is 0 Å². The minimum absolute atomic E-state index is 0.0640. The molecule has 0 radical (unpaired) electrons. The van der Waals surface area contributed by atoms with Crippen molar-refractivity contribution in [2.45, 2.75) is 19.4 Å². The lowest BCUT2D eigenvalue weighted by Gasteiger charge is -2.11. The average Bonchev–Trinajstić information content (AvgIpc) is 3.51. The van der Waals surface area contributed by atoms with E-state index in [1.807, 2.05) is 24.3 Å². The van der Waals surface area contributed by atoms with Crippen molar-refractivity contribution in [2.24, 2.45) is 5.92 Å². The van der Waals surface area contributed by atoms with Gasteiger partial charge in [-0.1, -0.05) is 12.1 Å². The third-order valence-electron chi connectivity index (χ3n) is 4.25. The van der Waals surface area contributed by atoms with Crippen LogP contribution >= 0.6 is 0 Å². The molecule has 3 rings (SSSR count). The zero-order valence-corrected chi connectivity index (χ0v) is 14.9.